The molecule has 3 heterocycles. The fourth-order valence-corrected chi connectivity index (χ4v) is 6.06. The summed E-state index contributed by atoms with van der Waals surface area (Å²) in [5.41, 5.74) is 0.121. The van der Waals surface area contributed by atoms with Gasteiger partial charge in [-0.15, -0.1) is 0 Å². The topological polar surface area (TPSA) is 61.4 Å². The van der Waals surface area contributed by atoms with E-state index >= 15 is 0 Å². The first-order chi connectivity index (χ1) is 15.2. The molecule has 0 radical (unpaired) electrons. The highest BCUT2D eigenvalue weighted by Crippen LogP contribution is 2.58. The Bertz CT molecular complexity index is 1090. The number of nitrogens with zero attached hydrogens (tertiary/aromatic N) is 4. The fraction of sp³-hybridized carbons (Fsp3) is 0.609. The lowest BCUT2D eigenvalue weighted by Crippen LogP contribution is -2.46. The van der Waals surface area contributed by atoms with Crippen LogP contribution in [-0.2, 0) is 11.0 Å². The van der Waals surface area contributed by atoms with E-state index in [1.807, 2.05) is 4.90 Å². The lowest BCUT2D eigenvalue weighted by Gasteiger charge is -2.23. The Labute approximate surface area is 184 Å². The zero-order chi connectivity index (χ0) is 22.3. The SMILES string of the molecule is CN1CC(NC(=O)C2CN(c3ccc(C(F)(F)F)c4nccnc34)CC23CC3)C2(CC2)C1. The maximum absolute atomic E-state index is 13.5. The Morgan fingerprint density at radius 1 is 1.03 bits per heavy atom. The van der Waals surface area contributed by atoms with Crippen LogP contribution in [0.4, 0.5) is 18.9 Å². The molecule has 2 aliphatic carbocycles. The molecule has 2 aliphatic heterocycles. The van der Waals surface area contributed by atoms with Crippen molar-refractivity contribution in [2.45, 2.75) is 37.9 Å². The standard InChI is InChI=1S/C23H26F3N5O/c1-30-11-17(22(12-30)6-7-22)29-20(32)15-10-31(13-21(15)4-5-21)16-3-2-14(23(24,25)26)18-19(16)28-9-8-27-18/h2-3,8-9,15,17H,4-7,10-13H2,1H3,(H,29,32). The minimum absolute atomic E-state index is 0.0808. The summed E-state index contributed by atoms with van der Waals surface area (Å²) in [6, 6.07) is 2.77. The molecule has 2 atom stereocenters. The monoisotopic (exact) mass is 445 g/mol. The lowest BCUT2D eigenvalue weighted by molar-refractivity contribution is -0.136. The summed E-state index contributed by atoms with van der Waals surface area (Å²) in [6.07, 6.45) is 2.50. The van der Waals surface area contributed by atoms with Gasteiger partial charge in [0.2, 0.25) is 5.91 Å². The molecule has 9 heteroatoms. The van der Waals surface area contributed by atoms with Gasteiger partial charge in [-0.2, -0.15) is 13.2 Å². The second-order valence-corrected chi connectivity index (χ2v) is 10.3. The Hall–Kier alpha value is -2.42. The van der Waals surface area contributed by atoms with Crippen molar-refractivity contribution in [1.29, 1.82) is 0 Å². The number of amides is 1. The summed E-state index contributed by atoms with van der Waals surface area (Å²) in [6.45, 7) is 3.08. The second-order valence-electron chi connectivity index (χ2n) is 10.3. The zero-order valence-electron chi connectivity index (χ0n) is 18.0. The van der Waals surface area contributed by atoms with Gasteiger partial charge in [-0.1, -0.05) is 0 Å². The van der Waals surface area contributed by atoms with Crippen LogP contribution in [0.1, 0.15) is 31.2 Å². The van der Waals surface area contributed by atoms with Gasteiger partial charge in [0.25, 0.3) is 0 Å². The van der Waals surface area contributed by atoms with Gasteiger partial charge >= 0.3 is 6.18 Å². The van der Waals surface area contributed by atoms with Gasteiger partial charge in [-0.25, -0.2) is 0 Å². The van der Waals surface area contributed by atoms with Crippen molar-refractivity contribution in [1.82, 2.24) is 20.2 Å². The molecule has 0 bridgehead atoms. The van der Waals surface area contributed by atoms with Crippen LogP contribution in [0, 0.1) is 16.7 Å². The Kier molecular flexibility index (Phi) is 4.14. The van der Waals surface area contributed by atoms with Gasteiger partial charge in [-0.05, 0) is 44.9 Å². The summed E-state index contributed by atoms with van der Waals surface area (Å²) < 4.78 is 40.4. The number of benzene rings is 1. The molecule has 2 saturated heterocycles. The number of aromatic nitrogens is 2. The highest BCUT2D eigenvalue weighted by molar-refractivity contribution is 5.92. The molecule has 4 aliphatic rings. The third-order valence-corrected chi connectivity index (χ3v) is 8.13. The molecule has 2 spiro atoms. The molecule has 170 valence electrons. The normalized spacial score (nSPS) is 28.1. The lowest BCUT2D eigenvalue weighted by atomic mass is 9.91. The molecule has 6 rings (SSSR count). The summed E-state index contributed by atoms with van der Waals surface area (Å²) in [5, 5.41) is 3.35. The molecule has 2 saturated carbocycles. The second kappa shape index (κ2) is 6.56. The largest absolute Gasteiger partial charge is 0.418 e. The molecular weight excluding hydrogens is 419 g/mol. The minimum Gasteiger partial charge on any atom is -0.368 e. The van der Waals surface area contributed by atoms with Crippen LogP contribution >= 0.6 is 0 Å². The van der Waals surface area contributed by atoms with Gasteiger partial charge in [-0.3, -0.25) is 14.8 Å². The van der Waals surface area contributed by atoms with Crippen molar-refractivity contribution in [2.75, 3.05) is 38.1 Å². The average Bonchev–Trinajstić information content (AvgIpc) is 3.61. The van der Waals surface area contributed by atoms with E-state index < -0.39 is 11.7 Å². The summed E-state index contributed by atoms with van der Waals surface area (Å²) in [5.74, 6) is -0.0582. The average molecular weight is 445 g/mol. The van der Waals surface area contributed by atoms with Crippen molar-refractivity contribution < 1.29 is 18.0 Å². The van der Waals surface area contributed by atoms with Crippen LogP contribution < -0.4 is 10.2 Å². The summed E-state index contributed by atoms with van der Waals surface area (Å²) >= 11 is 0. The molecule has 32 heavy (non-hydrogen) atoms. The van der Waals surface area contributed by atoms with E-state index in [-0.39, 0.29) is 39.7 Å². The number of alkyl halides is 3. The molecule has 1 amide bonds. The number of anilines is 1. The highest BCUT2D eigenvalue weighted by Gasteiger charge is 2.60. The van der Waals surface area contributed by atoms with E-state index in [2.05, 4.69) is 27.2 Å². The van der Waals surface area contributed by atoms with E-state index in [0.717, 1.165) is 32.0 Å². The van der Waals surface area contributed by atoms with Crippen molar-refractivity contribution in [3.8, 4) is 0 Å². The predicted molar refractivity (Wildman–Crippen MR) is 113 cm³/mol. The van der Waals surface area contributed by atoms with Crippen LogP contribution in [0.25, 0.3) is 11.0 Å². The number of nitrogens with one attached hydrogen (secondary N) is 1. The predicted octanol–water partition coefficient (Wildman–Crippen LogP) is 3.08. The number of hydrogen-bond acceptors (Lipinski definition) is 5. The smallest absolute Gasteiger partial charge is 0.368 e. The number of carbonyl (C=O) groups is 1. The maximum Gasteiger partial charge on any atom is 0.418 e. The number of fused-ring (bicyclic) bond motifs is 1. The van der Waals surface area contributed by atoms with Crippen molar-refractivity contribution >= 4 is 22.6 Å². The van der Waals surface area contributed by atoms with Gasteiger partial charge in [0.05, 0.1) is 17.2 Å². The van der Waals surface area contributed by atoms with Crippen molar-refractivity contribution in [3.63, 3.8) is 0 Å². The number of hydrogen-bond donors (Lipinski definition) is 1. The van der Waals surface area contributed by atoms with Crippen LogP contribution in [0.2, 0.25) is 0 Å². The van der Waals surface area contributed by atoms with Crippen LogP contribution in [0.5, 0.6) is 0 Å². The van der Waals surface area contributed by atoms with Gasteiger partial charge in [0.15, 0.2) is 0 Å². The molecule has 2 unspecified atom stereocenters. The molecule has 2 aromatic rings. The van der Waals surface area contributed by atoms with Gasteiger partial charge in [0, 0.05) is 55.4 Å². The summed E-state index contributed by atoms with van der Waals surface area (Å²) in [4.78, 5) is 25.9. The first kappa shape index (κ1) is 20.2. The van der Waals surface area contributed by atoms with E-state index in [0.29, 0.717) is 18.8 Å². The van der Waals surface area contributed by atoms with E-state index in [9.17, 15) is 18.0 Å². The number of halogens is 3. The van der Waals surface area contributed by atoms with Crippen molar-refractivity contribution in [3.05, 3.63) is 30.1 Å². The number of carbonyl (C=O) groups excluding carboxylic acids is 1. The van der Waals surface area contributed by atoms with Crippen LogP contribution in [0.3, 0.4) is 0 Å². The summed E-state index contributed by atoms with van der Waals surface area (Å²) in [7, 11) is 2.10. The minimum atomic E-state index is -4.49. The molecule has 1 aromatic carbocycles. The molecule has 1 aromatic heterocycles. The van der Waals surface area contributed by atoms with E-state index in [1.54, 1.807) is 0 Å². The van der Waals surface area contributed by atoms with Gasteiger partial charge < -0.3 is 15.1 Å². The Balaban J connectivity index is 1.28. The first-order valence-corrected chi connectivity index (χ1v) is 11.3. The van der Waals surface area contributed by atoms with E-state index in [4.69, 9.17) is 0 Å². The molecule has 4 fully saturated rings. The third-order valence-electron chi connectivity index (χ3n) is 8.13. The molecular formula is C23H26F3N5O. The molecule has 6 nitrogen and oxygen atoms in total. The Morgan fingerprint density at radius 3 is 2.38 bits per heavy atom. The maximum atomic E-state index is 13.5. The van der Waals surface area contributed by atoms with Crippen LogP contribution in [-0.4, -0.2) is 60.0 Å². The Morgan fingerprint density at radius 2 is 1.72 bits per heavy atom. The number of likely N-dealkylation sites (tertiary alicyclic amines) is 1. The fourth-order valence-electron chi connectivity index (χ4n) is 6.06. The number of rotatable bonds is 3. The van der Waals surface area contributed by atoms with E-state index in [1.165, 1.54) is 31.3 Å². The first-order valence-electron chi connectivity index (χ1n) is 11.3. The van der Waals surface area contributed by atoms with Gasteiger partial charge in [0.1, 0.15) is 11.0 Å². The van der Waals surface area contributed by atoms with Crippen LogP contribution in [0.15, 0.2) is 24.5 Å². The molecule has 1 N–H and O–H groups in total. The highest BCUT2D eigenvalue weighted by atomic mass is 19.4. The zero-order valence-corrected chi connectivity index (χ0v) is 18.0. The quantitative estimate of drug-likeness (QED) is 0.787. The number of likely N-dealkylation sites (N-methyl/N-ethyl adjacent to an activating group) is 1. The van der Waals surface area contributed by atoms with Crippen molar-refractivity contribution in [2.24, 2.45) is 16.7 Å². The third kappa shape index (κ3) is 3.08.